The van der Waals surface area contributed by atoms with E-state index in [9.17, 15) is 22.0 Å². The highest BCUT2D eigenvalue weighted by atomic mass is 32.2. The van der Waals surface area contributed by atoms with Gasteiger partial charge in [-0.25, -0.2) is 26.7 Å². The lowest BCUT2D eigenvalue weighted by Gasteiger charge is -2.17. The number of carbonyl (C=O) groups excluding carboxylic acids is 1. The maximum Gasteiger partial charge on any atom is 0.324 e. The maximum atomic E-state index is 13.5. The fraction of sp³-hybridized carbons (Fsp3) is 0.304. The fourth-order valence-electron chi connectivity index (χ4n) is 3.77. The first kappa shape index (κ1) is 23.7. The molecule has 2 heterocycles. The van der Waals surface area contributed by atoms with Crippen LogP contribution in [0.4, 0.5) is 30.8 Å². The van der Waals surface area contributed by atoms with Crippen LogP contribution in [0.5, 0.6) is 0 Å². The molecule has 8 nitrogen and oxygen atoms in total. The Bertz CT molecular complexity index is 1360. The lowest BCUT2D eigenvalue weighted by Crippen LogP contribution is -2.27. The molecule has 4 rings (SSSR count). The molecule has 2 amide bonds. The molecule has 0 saturated heterocycles. The topological polar surface area (TPSA) is 96.3 Å². The molecule has 1 aliphatic rings. The molecule has 11 heteroatoms. The van der Waals surface area contributed by atoms with E-state index in [2.05, 4.69) is 15.7 Å². The van der Waals surface area contributed by atoms with E-state index in [0.717, 1.165) is 17.7 Å². The normalized spacial score (nSPS) is 13.6. The van der Waals surface area contributed by atoms with Gasteiger partial charge in [0.1, 0.15) is 17.5 Å². The second-order valence-corrected chi connectivity index (χ2v) is 11.1. The third-order valence-electron chi connectivity index (χ3n) is 5.40. The van der Waals surface area contributed by atoms with E-state index in [4.69, 9.17) is 0 Å². The van der Waals surface area contributed by atoms with E-state index in [1.54, 1.807) is 22.9 Å². The average molecular weight is 490 g/mol. The minimum absolute atomic E-state index is 0.0319. The molecule has 0 saturated carbocycles. The minimum Gasteiger partial charge on any atom is -0.307 e. The van der Waals surface area contributed by atoms with E-state index in [1.807, 2.05) is 26.8 Å². The number of amides is 2. The molecule has 2 aromatic carbocycles. The summed E-state index contributed by atoms with van der Waals surface area (Å²) in [5, 5.41) is 9.76. The molecule has 0 unspecified atom stereocenters. The number of nitrogens with one attached hydrogen (secondary N) is 2. The van der Waals surface area contributed by atoms with Gasteiger partial charge in [0.05, 0.1) is 23.3 Å². The van der Waals surface area contributed by atoms with Crippen molar-refractivity contribution >= 4 is 33.2 Å². The summed E-state index contributed by atoms with van der Waals surface area (Å²) in [5.41, 5.74) is 2.45. The van der Waals surface area contributed by atoms with E-state index >= 15 is 0 Å². The first-order chi connectivity index (χ1) is 15.8. The van der Waals surface area contributed by atoms with E-state index < -0.39 is 27.7 Å². The first-order valence-electron chi connectivity index (χ1n) is 10.6. The van der Waals surface area contributed by atoms with Crippen molar-refractivity contribution in [3.05, 3.63) is 65.4 Å². The Kier molecular flexibility index (Phi) is 5.84. The van der Waals surface area contributed by atoms with E-state index in [-0.39, 0.29) is 11.1 Å². The predicted octanol–water partition coefficient (Wildman–Crippen LogP) is 4.41. The lowest BCUT2D eigenvalue weighted by atomic mass is 9.92. The van der Waals surface area contributed by atoms with Gasteiger partial charge in [0, 0.05) is 29.8 Å². The molecule has 1 aliphatic heterocycles. The van der Waals surface area contributed by atoms with Crippen LogP contribution in [0.3, 0.4) is 0 Å². The van der Waals surface area contributed by atoms with Crippen molar-refractivity contribution in [2.24, 2.45) is 0 Å². The molecule has 0 aliphatic carbocycles. The van der Waals surface area contributed by atoms with Gasteiger partial charge in [-0.2, -0.15) is 5.10 Å². The highest BCUT2D eigenvalue weighted by Crippen LogP contribution is 2.33. The number of benzene rings is 2. The van der Waals surface area contributed by atoms with Crippen LogP contribution in [0, 0.1) is 11.6 Å². The first-order valence-corrected chi connectivity index (χ1v) is 12.4. The van der Waals surface area contributed by atoms with Crippen LogP contribution in [0.2, 0.25) is 0 Å². The van der Waals surface area contributed by atoms with Crippen LogP contribution in [0.1, 0.15) is 32.0 Å². The van der Waals surface area contributed by atoms with Crippen molar-refractivity contribution in [1.29, 1.82) is 0 Å². The number of carbonyl (C=O) groups is 1. The molecule has 2 N–H and O–H groups in total. The van der Waals surface area contributed by atoms with Gasteiger partial charge in [-0.15, -0.1) is 0 Å². The van der Waals surface area contributed by atoms with Gasteiger partial charge in [0.25, 0.3) is 0 Å². The van der Waals surface area contributed by atoms with Gasteiger partial charge in [0.2, 0.25) is 10.0 Å². The van der Waals surface area contributed by atoms with Gasteiger partial charge in [-0.3, -0.25) is 9.62 Å². The molecule has 3 aromatic rings. The summed E-state index contributed by atoms with van der Waals surface area (Å²) >= 11 is 0. The molecule has 1 aromatic heterocycles. The van der Waals surface area contributed by atoms with Gasteiger partial charge in [0.15, 0.2) is 0 Å². The Morgan fingerprint density at radius 3 is 2.32 bits per heavy atom. The molecular formula is C23H25F2N5O3S. The average Bonchev–Trinajstić information content (AvgIpc) is 3.30. The van der Waals surface area contributed by atoms with Crippen molar-refractivity contribution in [3.8, 4) is 5.69 Å². The standard InChI is InChI=1S/C23H25F2N5O3S/c1-23(2,3)20-13-21(27-22(31)26-17-11-15(24)10-16(25)12-17)30(28-20)18-5-6-19-14(9-18)7-8-29(19)34(4,32)33/h5-6,9-13H,7-8H2,1-4H3,(H2,26,27,31). The molecule has 34 heavy (non-hydrogen) atoms. The van der Waals surface area contributed by atoms with Crippen LogP contribution in [0.25, 0.3) is 5.69 Å². The van der Waals surface area contributed by atoms with Crippen molar-refractivity contribution < 1.29 is 22.0 Å². The third-order valence-corrected chi connectivity index (χ3v) is 6.58. The highest BCUT2D eigenvalue weighted by Gasteiger charge is 2.27. The van der Waals surface area contributed by atoms with Crippen LogP contribution < -0.4 is 14.9 Å². The Balaban J connectivity index is 1.67. The van der Waals surface area contributed by atoms with Crippen LogP contribution in [-0.2, 0) is 21.9 Å². The van der Waals surface area contributed by atoms with Crippen molar-refractivity contribution in [2.75, 3.05) is 27.7 Å². The summed E-state index contributed by atoms with van der Waals surface area (Å²) in [6.45, 7) is 6.30. The predicted molar refractivity (Wildman–Crippen MR) is 127 cm³/mol. The number of hydrogen-bond donors (Lipinski definition) is 2. The summed E-state index contributed by atoms with van der Waals surface area (Å²) in [6.07, 6.45) is 1.72. The number of sulfonamides is 1. The zero-order chi connectivity index (χ0) is 24.8. The molecule has 0 fully saturated rings. The maximum absolute atomic E-state index is 13.5. The largest absolute Gasteiger partial charge is 0.324 e. The van der Waals surface area contributed by atoms with Crippen molar-refractivity contribution in [3.63, 3.8) is 0 Å². The number of urea groups is 1. The van der Waals surface area contributed by atoms with Crippen LogP contribution in [0.15, 0.2) is 42.5 Å². The Labute approximate surface area is 196 Å². The van der Waals surface area contributed by atoms with E-state index in [1.165, 1.54) is 10.6 Å². The second kappa shape index (κ2) is 8.39. The lowest BCUT2D eigenvalue weighted by molar-refractivity contribution is 0.262. The summed E-state index contributed by atoms with van der Waals surface area (Å²) < 4.78 is 53.9. The van der Waals surface area contributed by atoms with Crippen LogP contribution >= 0.6 is 0 Å². The zero-order valence-electron chi connectivity index (χ0n) is 19.2. The van der Waals surface area contributed by atoms with Crippen molar-refractivity contribution in [1.82, 2.24) is 9.78 Å². The Hall–Kier alpha value is -3.47. The summed E-state index contributed by atoms with van der Waals surface area (Å²) in [7, 11) is -3.38. The number of aromatic nitrogens is 2. The van der Waals surface area contributed by atoms with Gasteiger partial charge in [-0.1, -0.05) is 20.8 Å². The molecule has 0 bridgehead atoms. The number of halogens is 2. The monoisotopic (exact) mass is 489 g/mol. The molecule has 0 radical (unpaired) electrons. The number of nitrogens with zero attached hydrogens (tertiary/aromatic N) is 3. The van der Waals surface area contributed by atoms with Gasteiger partial charge < -0.3 is 5.32 Å². The summed E-state index contributed by atoms with van der Waals surface area (Å²) in [6, 6.07) is 9.04. The number of fused-ring (bicyclic) bond motifs is 1. The fourth-order valence-corrected chi connectivity index (χ4v) is 4.73. The summed E-state index contributed by atoms with van der Waals surface area (Å²) in [4.78, 5) is 12.6. The molecule has 0 atom stereocenters. The Morgan fingerprint density at radius 1 is 1.03 bits per heavy atom. The smallest absolute Gasteiger partial charge is 0.307 e. The number of anilines is 3. The molecule has 180 valence electrons. The Morgan fingerprint density at radius 2 is 1.71 bits per heavy atom. The SMILES string of the molecule is CC(C)(C)c1cc(NC(=O)Nc2cc(F)cc(F)c2)n(-c2ccc3c(c2)CCN3S(C)(=O)=O)n1. The van der Waals surface area contributed by atoms with Gasteiger partial charge in [-0.05, 0) is 42.3 Å². The second-order valence-electron chi connectivity index (χ2n) is 9.21. The van der Waals surface area contributed by atoms with Gasteiger partial charge >= 0.3 is 6.03 Å². The van der Waals surface area contributed by atoms with E-state index in [0.29, 0.717) is 41.9 Å². The summed E-state index contributed by atoms with van der Waals surface area (Å²) in [5.74, 6) is -1.27. The highest BCUT2D eigenvalue weighted by molar-refractivity contribution is 7.92. The number of rotatable bonds is 4. The molecule has 0 spiro atoms. The minimum atomic E-state index is -3.38. The third kappa shape index (κ3) is 4.89. The van der Waals surface area contributed by atoms with Crippen LogP contribution in [-0.4, -0.2) is 37.0 Å². The number of hydrogen-bond acceptors (Lipinski definition) is 4. The zero-order valence-corrected chi connectivity index (χ0v) is 20.0. The quantitative estimate of drug-likeness (QED) is 0.567. The van der Waals surface area contributed by atoms with Crippen molar-refractivity contribution in [2.45, 2.75) is 32.6 Å². The molecular weight excluding hydrogens is 464 g/mol.